The first-order chi connectivity index (χ1) is 12.1. The van der Waals surface area contributed by atoms with Gasteiger partial charge >= 0.3 is 0 Å². The van der Waals surface area contributed by atoms with Crippen molar-refractivity contribution in [2.75, 3.05) is 33.7 Å². The van der Waals surface area contributed by atoms with Gasteiger partial charge in [-0.2, -0.15) is 0 Å². The summed E-state index contributed by atoms with van der Waals surface area (Å²) in [6.45, 7) is 5.18. The van der Waals surface area contributed by atoms with Crippen LogP contribution in [0, 0.1) is 5.41 Å². The minimum Gasteiger partial charge on any atom is -0.357 e. The van der Waals surface area contributed by atoms with E-state index >= 15 is 0 Å². The number of aliphatic imine (C=N–C) groups is 1. The van der Waals surface area contributed by atoms with Gasteiger partial charge in [0.15, 0.2) is 5.96 Å². The SMILES string of the molecule is CCNC(=NCC1(C(=O)N(C)C)CCCC1)NCCCn1ccnc1.I. The summed E-state index contributed by atoms with van der Waals surface area (Å²) in [5.74, 6) is 1.01. The molecule has 148 valence electrons. The Labute approximate surface area is 174 Å². The molecule has 7 nitrogen and oxygen atoms in total. The zero-order chi connectivity index (χ0) is 18.1. The molecule has 0 aromatic carbocycles. The number of aryl methyl sites for hydroxylation is 1. The average molecular weight is 476 g/mol. The van der Waals surface area contributed by atoms with E-state index in [0.29, 0.717) is 6.54 Å². The van der Waals surface area contributed by atoms with Crippen LogP contribution >= 0.6 is 24.0 Å². The first-order valence-electron chi connectivity index (χ1n) is 9.27. The van der Waals surface area contributed by atoms with Gasteiger partial charge in [0.25, 0.3) is 0 Å². The number of hydrogen-bond acceptors (Lipinski definition) is 3. The van der Waals surface area contributed by atoms with E-state index in [4.69, 9.17) is 4.99 Å². The maximum Gasteiger partial charge on any atom is 0.230 e. The molecule has 1 amide bonds. The Bertz CT molecular complexity index is 552. The number of halogens is 1. The number of imidazole rings is 1. The minimum absolute atomic E-state index is 0. The lowest BCUT2D eigenvalue weighted by molar-refractivity contribution is -0.138. The number of hydrogen-bond donors (Lipinski definition) is 2. The molecule has 1 aromatic rings. The van der Waals surface area contributed by atoms with Gasteiger partial charge in [-0.1, -0.05) is 12.8 Å². The molecule has 1 fully saturated rings. The van der Waals surface area contributed by atoms with Crippen molar-refractivity contribution in [2.45, 2.75) is 45.6 Å². The smallest absolute Gasteiger partial charge is 0.230 e. The molecule has 8 heteroatoms. The lowest BCUT2D eigenvalue weighted by Gasteiger charge is -2.29. The molecule has 0 aliphatic heterocycles. The van der Waals surface area contributed by atoms with Gasteiger partial charge < -0.3 is 20.1 Å². The number of amides is 1. The highest BCUT2D eigenvalue weighted by Crippen LogP contribution is 2.39. The molecular formula is C18H33IN6O. The van der Waals surface area contributed by atoms with Crippen LogP contribution in [0.3, 0.4) is 0 Å². The number of guanidine groups is 1. The maximum atomic E-state index is 12.6. The normalized spacial score (nSPS) is 16.0. The minimum atomic E-state index is -0.317. The number of aromatic nitrogens is 2. The van der Waals surface area contributed by atoms with E-state index in [1.807, 2.05) is 26.6 Å². The van der Waals surface area contributed by atoms with Crippen LogP contribution in [0.5, 0.6) is 0 Å². The van der Waals surface area contributed by atoms with Crippen molar-refractivity contribution < 1.29 is 4.79 Å². The first-order valence-corrected chi connectivity index (χ1v) is 9.27. The molecule has 1 heterocycles. The number of rotatable bonds is 8. The topological polar surface area (TPSA) is 74.6 Å². The van der Waals surface area contributed by atoms with Crippen LogP contribution in [-0.2, 0) is 11.3 Å². The molecule has 1 aliphatic rings. The molecule has 0 radical (unpaired) electrons. The summed E-state index contributed by atoms with van der Waals surface area (Å²) in [5.41, 5.74) is -0.317. The van der Waals surface area contributed by atoms with Crippen molar-refractivity contribution >= 4 is 35.8 Å². The van der Waals surface area contributed by atoms with E-state index in [1.165, 1.54) is 0 Å². The van der Waals surface area contributed by atoms with Gasteiger partial charge in [0.05, 0.1) is 18.3 Å². The summed E-state index contributed by atoms with van der Waals surface area (Å²) in [6.07, 6.45) is 10.7. The summed E-state index contributed by atoms with van der Waals surface area (Å²) in [4.78, 5) is 23.1. The van der Waals surface area contributed by atoms with Crippen molar-refractivity contribution in [2.24, 2.45) is 10.4 Å². The monoisotopic (exact) mass is 476 g/mol. The van der Waals surface area contributed by atoms with Crippen LogP contribution in [0.2, 0.25) is 0 Å². The van der Waals surface area contributed by atoms with Crippen molar-refractivity contribution in [3.05, 3.63) is 18.7 Å². The van der Waals surface area contributed by atoms with E-state index in [2.05, 4.69) is 27.1 Å². The van der Waals surface area contributed by atoms with E-state index < -0.39 is 0 Å². The van der Waals surface area contributed by atoms with Gasteiger partial charge in [-0.25, -0.2) is 4.98 Å². The third kappa shape index (κ3) is 6.44. The molecule has 0 saturated heterocycles. The fraction of sp³-hybridized carbons (Fsp3) is 0.722. The third-order valence-corrected chi connectivity index (χ3v) is 4.75. The van der Waals surface area contributed by atoms with Gasteiger partial charge in [0, 0.05) is 46.1 Å². The molecule has 26 heavy (non-hydrogen) atoms. The van der Waals surface area contributed by atoms with E-state index in [1.54, 1.807) is 11.1 Å². The van der Waals surface area contributed by atoms with Gasteiger partial charge in [-0.3, -0.25) is 9.79 Å². The Balaban J connectivity index is 0.00000338. The van der Waals surface area contributed by atoms with Crippen molar-refractivity contribution in [1.82, 2.24) is 25.1 Å². The van der Waals surface area contributed by atoms with Crippen molar-refractivity contribution in [3.8, 4) is 0 Å². The van der Waals surface area contributed by atoms with Crippen molar-refractivity contribution in [3.63, 3.8) is 0 Å². The highest BCUT2D eigenvalue weighted by Gasteiger charge is 2.41. The zero-order valence-electron chi connectivity index (χ0n) is 16.2. The zero-order valence-corrected chi connectivity index (χ0v) is 18.5. The van der Waals surface area contributed by atoms with Crippen LogP contribution in [0.15, 0.2) is 23.7 Å². The molecule has 0 unspecified atom stereocenters. The Morgan fingerprint density at radius 3 is 2.62 bits per heavy atom. The fourth-order valence-electron chi connectivity index (χ4n) is 3.43. The Hall–Kier alpha value is -1.32. The second kappa shape index (κ2) is 11.4. The molecule has 0 atom stereocenters. The van der Waals surface area contributed by atoms with Gasteiger partial charge in [-0.05, 0) is 26.2 Å². The number of carbonyl (C=O) groups excluding carboxylic acids is 1. The Kier molecular flexibility index (Phi) is 9.97. The third-order valence-electron chi connectivity index (χ3n) is 4.75. The largest absolute Gasteiger partial charge is 0.357 e. The van der Waals surface area contributed by atoms with Crippen LogP contribution in [0.1, 0.15) is 39.0 Å². The molecule has 2 rings (SSSR count). The predicted octanol–water partition coefficient (Wildman–Crippen LogP) is 2.09. The molecule has 2 N–H and O–H groups in total. The van der Waals surface area contributed by atoms with Gasteiger partial charge in [-0.15, -0.1) is 24.0 Å². The standard InChI is InChI=1S/C18H32N6O.HI/c1-4-20-17(21-10-7-12-24-13-11-19-15-24)22-14-18(8-5-6-9-18)16(25)23(2)3;/h11,13,15H,4-10,12,14H2,1-3H3,(H2,20,21,22);1H. The number of nitrogens with zero attached hydrogens (tertiary/aromatic N) is 4. The fourth-order valence-corrected chi connectivity index (χ4v) is 3.43. The number of carbonyl (C=O) groups is 1. The summed E-state index contributed by atoms with van der Waals surface area (Å²) in [5, 5.41) is 6.65. The van der Waals surface area contributed by atoms with Gasteiger partial charge in [0.1, 0.15) is 0 Å². The van der Waals surface area contributed by atoms with E-state index in [9.17, 15) is 4.79 Å². The highest BCUT2D eigenvalue weighted by atomic mass is 127. The number of nitrogens with one attached hydrogen (secondary N) is 2. The second-order valence-electron chi connectivity index (χ2n) is 6.96. The lowest BCUT2D eigenvalue weighted by Crippen LogP contribution is -2.43. The maximum absolute atomic E-state index is 12.6. The van der Waals surface area contributed by atoms with E-state index in [0.717, 1.165) is 57.7 Å². The summed E-state index contributed by atoms with van der Waals surface area (Å²) in [6, 6.07) is 0. The Morgan fingerprint density at radius 2 is 2.04 bits per heavy atom. The van der Waals surface area contributed by atoms with Gasteiger partial charge in [0.2, 0.25) is 5.91 Å². The summed E-state index contributed by atoms with van der Waals surface area (Å²) < 4.78 is 2.06. The Morgan fingerprint density at radius 1 is 1.31 bits per heavy atom. The predicted molar refractivity (Wildman–Crippen MR) is 116 cm³/mol. The van der Waals surface area contributed by atoms with Crippen LogP contribution in [0.4, 0.5) is 0 Å². The molecule has 1 aliphatic carbocycles. The van der Waals surface area contributed by atoms with E-state index in [-0.39, 0.29) is 35.3 Å². The average Bonchev–Trinajstić information content (AvgIpc) is 3.28. The first kappa shape index (κ1) is 22.7. The lowest BCUT2D eigenvalue weighted by atomic mass is 9.85. The molecule has 1 aromatic heterocycles. The van der Waals surface area contributed by atoms with Crippen LogP contribution in [-0.4, -0.2) is 60.0 Å². The second-order valence-corrected chi connectivity index (χ2v) is 6.96. The molecule has 0 bridgehead atoms. The van der Waals surface area contributed by atoms with Crippen LogP contribution < -0.4 is 10.6 Å². The molecule has 0 spiro atoms. The summed E-state index contributed by atoms with van der Waals surface area (Å²) >= 11 is 0. The van der Waals surface area contributed by atoms with Crippen LogP contribution in [0.25, 0.3) is 0 Å². The highest BCUT2D eigenvalue weighted by molar-refractivity contribution is 14.0. The summed E-state index contributed by atoms with van der Waals surface area (Å²) in [7, 11) is 3.68. The molecule has 1 saturated carbocycles. The van der Waals surface area contributed by atoms with Crippen molar-refractivity contribution in [1.29, 1.82) is 0 Å². The quantitative estimate of drug-likeness (QED) is 0.261. The molecular weight excluding hydrogens is 443 g/mol.